The predicted molar refractivity (Wildman–Crippen MR) is 128 cm³/mol. The molecule has 1 unspecified atom stereocenters. The monoisotopic (exact) mass is 475 g/mol. The lowest BCUT2D eigenvalue weighted by Crippen LogP contribution is -3.00. The first-order valence-electron chi connectivity index (χ1n) is 11.3. The molecular formula is C26H28ClN6O-. The largest absolute Gasteiger partial charge is 1.00 e. The number of methoxy groups -OCH3 is 1. The number of halogens is 1. The lowest BCUT2D eigenvalue weighted by atomic mass is 10.0. The van der Waals surface area contributed by atoms with E-state index in [1.54, 1.807) is 7.11 Å². The van der Waals surface area contributed by atoms with E-state index in [0.717, 1.165) is 43.3 Å². The Morgan fingerprint density at radius 1 is 0.824 bits per heavy atom. The number of tetrazole rings is 1. The van der Waals surface area contributed by atoms with Gasteiger partial charge in [-0.2, -0.15) is 0 Å². The molecular weight excluding hydrogens is 448 g/mol. The number of para-hydroxylation sites is 1. The van der Waals surface area contributed by atoms with Crippen LogP contribution in [0.25, 0.3) is 0 Å². The predicted octanol–water partition coefficient (Wildman–Crippen LogP) is 0.646. The molecule has 1 fully saturated rings. The first-order chi connectivity index (χ1) is 16.3. The number of hydrogen-bond acceptors (Lipinski definition) is 6. The number of anilines is 1. The number of hydrogen-bond donors (Lipinski definition) is 0. The molecule has 0 N–H and O–H groups in total. The summed E-state index contributed by atoms with van der Waals surface area (Å²) < 4.78 is 7.31. The van der Waals surface area contributed by atoms with Crippen molar-refractivity contribution in [1.82, 2.24) is 25.1 Å². The standard InChI is InChI=1S/C26H28N6O.ClH/c1-33-24-14-12-22(13-15-24)25(26-27-28-29-32(26)20-21-8-4-2-5-9-21)31-18-16-30(17-19-31)23-10-6-3-7-11-23;/h2-15,25H,16-20H2,1H3;1H/p-1. The van der Waals surface area contributed by atoms with Crippen LogP contribution in [0.5, 0.6) is 5.75 Å². The van der Waals surface area contributed by atoms with Gasteiger partial charge in [-0.05, 0) is 45.8 Å². The van der Waals surface area contributed by atoms with Crippen molar-refractivity contribution in [2.75, 3.05) is 38.2 Å². The van der Waals surface area contributed by atoms with Crippen LogP contribution in [0.15, 0.2) is 84.9 Å². The van der Waals surface area contributed by atoms with E-state index in [1.165, 1.54) is 11.3 Å². The minimum atomic E-state index is -0.0347. The number of aromatic nitrogens is 4. The van der Waals surface area contributed by atoms with Gasteiger partial charge < -0.3 is 22.0 Å². The molecule has 0 amide bonds. The molecule has 34 heavy (non-hydrogen) atoms. The van der Waals surface area contributed by atoms with E-state index in [9.17, 15) is 0 Å². The second-order valence-corrected chi connectivity index (χ2v) is 8.21. The Morgan fingerprint density at radius 3 is 2.12 bits per heavy atom. The second kappa shape index (κ2) is 11.1. The van der Waals surface area contributed by atoms with E-state index in [0.29, 0.717) is 6.54 Å². The van der Waals surface area contributed by atoms with Crippen molar-refractivity contribution in [3.05, 3.63) is 102 Å². The average Bonchev–Trinajstić information content (AvgIpc) is 3.33. The first kappa shape index (κ1) is 23.7. The molecule has 1 atom stereocenters. The Balaban J connectivity index is 0.00000274. The number of ether oxygens (including phenoxy) is 1. The highest BCUT2D eigenvalue weighted by molar-refractivity contribution is 5.46. The van der Waals surface area contributed by atoms with Crippen LogP contribution in [0.3, 0.4) is 0 Å². The highest BCUT2D eigenvalue weighted by atomic mass is 35.5. The molecule has 0 spiro atoms. The number of benzene rings is 3. The van der Waals surface area contributed by atoms with Gasteiger partial charge in [-0.1, -0.05) is 60.7 Å². The van der Waals surface area contributed by atoms with Gasteiger partial charge in [-0.25, -0.2) is 4.68 Å². The zero-order chi connectivity index (χ0) is 22.5. The summed E-state index contributed by atoms with van der Waals surface area (Å²) in [6.45, 7) is 4.39. The van der Waals surface area contributed by atoms with Crippen LogP contribution in [-0.2, 0) is 6.54 Å². The zero-order valence-electron chi connectivity index (χ0n) is 19.2. The van der Waals surface area contributed by atoms with E-state index in [4.69, 9.17) is 4.74 Å². The van der Waals surface area contributed by atoms with Crippen LogP contribution in [-0.4, -0.2) is 58.4 Å². The van der Waals surface area contributed by atoms with Crippen molar-refractivity contribution in [2.24, 2.45) is 0 Å². The minimum absolute atomic E-state index is 0. The van der Waals surface area contributed by atoms with E-state index < -0.39 is 0 Å². The fourth-order valence-electron chi connectivity index (χ4n) is 4.46. The summed E-state index contributed by atoms with van der Waals surface area (Å²) in [6, 6.07) is 29.2. The molecule has 1 saturated heterocycles. The Kier molecular flexibility index (Phi) is 7.77. The number of piperazine rings is 1. The molecule has 1 aromatic heterocycles. The minimum Gasteiger partial charge on any atom is -1.00 e. The topological polar surface area (TPSA) is 59.3 Å². The quantitative estimate of drug-likeness (QED) is 0.391. The lowest BCUT2D eigenvalue weighted by molar-refractivity contribution is -0.00000704. The molecule has 8 heteroatoms. The molecule has 0 aliphatic carbocycles. The average molecular weight is 476 g/mol. The highest BCUT2D eigenvalue weighted by Crippen LogP contribution is 2.30. The third kappa shape index (κ3) is 5.21. The Bertz CT molecular complexity index is 1140. The second-order valence-electron chi connectivity index (χ2n) is 8.21. The maximum Gasteiger partial charge on any atom is 0.173 e. The van der Waals surface area contributed by atoms with E-state index in [1.807, 2.05) is 35.0 Å². The van der Waals surface area contributed by atoms with Crippen molar-refractivity contribution in [3.8, 4) is 5.75 Å². The van der Waals surface area contributed by atoms with Crippen LogP contribution in [0.4, 0.5) is 5.69 Å². The van der Waals surface area contributed by atoms with Gasteiger partial charge in [0, 0.05) is 31.9 Å². The zero-order valence-corrected chi connectivity index (χ0v) is 19.9. The summed E-state index contributed by atoms with van der Waals surface area (Å²) in [5, 5.41) is 12.9. The van der Waals surface area contributed by atoms with Gasteiger partial charge in [0.2, 0.25) is 0 Å². The van der Waals surface area contributed by atoms with Crippen LogP contribution in [0, 0.1) is 0 Å². The summed E-state index contributed by atoms with van der Waals surface area (Å²) in [5.74, 6) is 1.70. The summed E-state index contributed by atoms with van der Waals surface area (Å²) in [4.78, 5) is 4.92. The summed E-state index contributed by atoms with van der Waals surface area (Å²) >= 11 is 0. The van der Waals surface area contributed by atoms with Gasteiger partial charge in [0.1, 0.15) is 5.75 Å². The van der Waals surface area contributed by atoms with Gasteiger partial charge in [0.05, 0.1) is 19.7 Å². The summed E-state index contributed by atoms with van der Waals surface area (Å²) in [5.41, 5.74) is 3.61. The van der Waals surface area contributed by atoms with Gasteiger partial charge in [0.25, 0.3) is 0 Å². The van der Waals surface area contributed by atoms with Crippen LogP contribution >= 0.6 is 0 Å². The van der Waals surface area contributed by atoms with Crippen molar-refractivity contribution in [2.45, 2.75) is 12.6 Å². The van der Waals surface area contributed by atoms with Gasteiger partial charge in [0.15, 0.2) is 5.82 Å². The Hall–Kier alpha value is -3.42. The van der Waals surface area contributed by atoms with Crippen molar-refractivity contribution < 1.29 is 17.1 Å². The smallest absolute Gasteiger partial charge is 0.173 e. The van der Waals surface area contributed by atoms with Crippen LogP contribution < -0.4 is 22.0 Å². The normalized spacial score (nSPS) is 14.9. The van der Waals surface area contributed by atoms with Crippen LogP contribution in [0.1, 0.15) is 23.0 Å². The lowest BCUT2D eigenvalue weighted by Gasteiger charge is -2.40. The molecule has 176 valence electrons. The van der Waals surface area contributed by atoms with Gasteiger partial charge in [-0.3, -0.25) is 4.90 Å². The SMILES string of the molecule is COc1ccc(C(c2nnnn2Cc2ccccc2)N2CCN(c3ccccc3)CC2)cc1.[Cl-]. The van der Waals surface area contributed by atoms with Gasteiger partial charge >= 0.3 is 0 Å². The number of rotatable bonds is 7. The molecule has 5 rings (SSSR count). The summed E-state index contributed by atoms with van der Waals surface area (Å²) in [6.07, 6.45) is 0. The molecule has 1 aliphatic heterocycles. The fraction of sp³-hybridized carbons (Fsp3) is 0.269. The molecule has 4 aromatic rings. The molecule has 1 aliphatic rings. The Morgan fingerprint density at radius 2 is 1.47 bits per heavy atom. The summed E-state index contributed by atoms with van der Waals surface area (Å²) in [7, 11) is 1.69. The number of nitrogens with zero attached hydrogens (tertiary/aromatic N) is 6. The first-order valence-corrected chi connectivity index (χ1v) is 11.3. The van der Waals surface area contributed by atoms with E-state index >= 15 is 0 Å². The molecule has 0 bridgehead atoms. The molecule has 0 saturated carbocycles. The molecule has 3 aromatic carbocycles. The van der Waals surface area contributed by atoms with Crippen molar-refractivity contribution >= 4 is 5.69 Å². The van der Waals surface area contributed by atoms with E-state index in [-0.39, 0.29) is 18.4 Å². The Labute approximate surface area is 206 Å². The van der Waals surface area contributed by atoms with E-state index in [2.05, 4.69) is 79.9 Å². The maximum absolute atomic E-state index is 5.39. The van der Waals surface area contributed by atoms with Gasteiger partial charge in [-0.15, -0.1) is 5.10 Å². The molecule has 2 heterocycles. The van der Waals surface area contributed by atoms with Crippen LogP contribution in [0.2, 0.25) is 0 Å². The molecule has 7 nitrogen and oxygen atoms in total. The van der Waals surface area contributed by atoms with Crippen molar-refractivity contribution in [3.63, 3.8) is 0 Å². The van der Waals surface area contributed by atoms with Crippen molar-refractivity contribution in [1.29, 1.82) is 0 Å². The third-order valence-electron chi connectivity index (χ3n) is 6.21. The third-order valence-corrected chi connectivity index (χ3v) is 6.21. The maximum atomic E-state index is 5.39. The fourth-order valence-corrected chi connectivity index (χ4v) is 4.46. The highest BCUT2D eigenvalue weighted by Gasteiger charge is 2.30. The molecule has 0 radical (unpaired) electrons.